The molecule has 4 aliphatic rings. The van der Waals surface area contributed by atoms with Crippen LogP contribution in [-0.2, 0) is 4.79 Å². The maximum Gasteiger partial charge on any atom is 0.159 e. The van der Waals surface area contributed by atoms with Crippen molar-refractivity contribution < 1.29 is 4.79 Å². The van der Waals surface area contributed by atoms with E-state index in [1.807, 2.05) is 0 Å². The van der Waals surface area contributed by atoms with E-state index in [1.54, 1.807) is 5.57 Å². The molecule has 4 rings (SSSR count). The lowest BCUT2D eigenvalue weighted by molar-refractivity contribution is -0.128. The lowest BCUT2D eigenvalue weighted by Crippen LogP contribution is -2.51. The molecule has 1 heteroatoms. The highest BCUT2D eigenvalue weighted by Crippen LogP contribution is 2.66. The summed E-state index contributed by atoms with van der Waals surface area (Å²) in [6.45, 7) is 14.5. The average Bonchev–Trinajstić information content (AvgIpc) is 3.03. The molecule has 162 valence electrons. The van der Waals surface area contributed by atoms with Crippen molar-refractivity contribution in [3.63, 3.8) is 0 Å². The van der Waals surface area contributed by atoms with Gasteiger partial charge < -0.3 is 0 Å². The third-order valence-electron chi connectivity index (χ3n) is 10.3. The summed E-state index contributed by atoms with van der Waals surface area (Å²) in [4.78, 5) is 13.2. The van der Waals surface area contributed by atoms with Crippen molar-refractivity contribution in [3.8, 4) is 0 Å². The van der Waals surface area contributed by atoms with E-state index >= 15 is 0 Å². The number of rotatable bonds is 4. The van der Waals surface area contributed by atoms with Gasteiger partial charge in [-0.2, -0.15) is 0 Å². The van der Waals surface area contributed by atoms with E-state index in [0.29, 0.717) is 46.7 Å². The molecule has 8 atom stereocenters. The van der Waals surface area contributed by atoms with Gasteiger partial charge in [0.25, 0.3) is 0 Å². The van der Waals surface area contributed by atoms with Crippen LogP contribution in [-0.4, -0.2) is 5.78 Å². The maximum atomic E-state index is 13.2. The van der Waals surface area contributed by atoms with Gasteiger partial charge in [-0.05, 0) is 90.9 Å². The first-order valence-electron chi connectivity index (χ1n) is 12.6. The highest BCUT2D eigenvalue weighted by atomic mass is 16.1. The zero-order chi connectivity index (χ0) is 21.0. The number of allylic oxidation sites excluding steroid dienone is 4. The summed E-state index contributed by atoms with van der Waals surface area (Å²) in [7, 11) is 0. The van der Waals surface area contributed by atoms with Crippen molar-refractivity contribution in [2.75, 3.05) is 0 Å². The van der Waals surface area contributed by atoms with Crippen molar-refractivity contribution in [1.29, 1.82) is 0 Å². The van der Waals surface area contributed by atoms with Crippen LogP contribution in [0.4, 0.5) is 0 Å². The van der Waals surface area contributed by atoms with E-state index in [4.69, 9.17) is 0 Å². The summed E-state index contributed by atoms with van der Waals surface area (Å²) in [5.41, 5.74) is 2.21. The van der Waals surface area contributed by atoms with E-state index in [-0.39, 0.29) is 5.41 Å². The van der Waals surface area contributed by atoms with Crippen molar-refractivity contribution in [3.05, 3.63) is 23.8 Å². The monoisotopic (exact) mass is 396 g/mol. The van der Waals surface area contributed by atoms with E-state index in [2.05, 4.69) is 59.8 Å². The SMILES string of the molecule is CC(C)[C@@H](C)/C=C/[C@@H](C)[C@H]1CC[C@H]2C3=CC(=O)C4CCCC[C@]4(C)[C@H]3CC[C@]12C. The Morgan fingerprint density at radius 3 is 2.31 bits per heavy atom. The lowest BCUT2D eigenvalue weighted by Gasteiger charge is -2.56. The first kappa shape index (κ1) is 21.4. The second-order valence-corrected chi connectivity index (χ2v) is 12.0. The van der Waals surface area contributed by atoms with Gasteiger partial charge in [0.2, 0.25) is 0 Å². The number of ketones is 1. The van der Waals surface area contributed by atoms with Crippen LogP contribution >= 0.6 is 0 Å². The number of carbonyl (C=O) groups is 1. The third-order valence-corrected chi connectivity index (χ3v) is 10.3. The molecular formula is C28H44O. The zero-order valence-corrected chi connectivity index (χ0v) is 19.8. The smallest absolute Gasteiger partial charge is 0.159 e. The Morgan fingerprint density at radius 1 is 0.862 bits per heavy atom. The summed E-state index contributed by atoms with van der Waals surface area (Å²) >= 11 is 0. The van der Waals surface area contributed by atoms with Crippen molar-refractivity contribution in [1.82, 2.24) is 0 Å². The van der Waals surface area contributed by atoms with Crippen LogP contribution in [0.25, 0.3) is 0 Å². The molecule has 0 aromatic heterocycles. The fourth-order valence-electron chi connectivity index (χ4n) is 8.03. The fourth-order valence-corrected chi connectivity index (χ4v) is 8.03. The van der Waals surface area contributed by atoms with Gasteiger partial charge in [0.05, 0.1) is 0 Å². The van der Waals surface area contributed by atoms with E-state index < -0.39 is 0 Å². The largest absolute Gasteiger partial charge is 0.295 e. The molecule has 0 amide bonds. The van der Waals surface area contributed by atoms with Crippen LogP contribution in [0.3, 0.4) is 0 Å². The molecule has 4 aliphatic carbocycles. The maximum absolute atomic E-state index is 13.2. The Kier molecular flexibility index (Phi) is 5.67. The van der Waals surface area contributed by atoms with Gasteiger partial charge in [-0.25, -0.2) is 0 Å². The topological polar surface area (TPSA) is 17.1 Å². The molecule has 1 unspecified atom stereocenters. The van der Waals surface area contributed by atoms with Crippen LogP contribution in [0.5, 0.6) is 0 Å². The Bertz CT molecular complexity index is 699. The molecule has 0 aliphatic heterocycles. The first-order valence-corrected chi connectivity index (χ1v) is 12.6. The molecule has 0 radical (unpaired) electrons. The van der Waals surface area contributed by atoms with Gasteiger partial charge in [0.1, 0.15) is 0 Å². The molecule has 1 nitrogen and oxygen atoms in total. The first-order chi connectivity index (χ1) is 13.7. The normalized spacial score (nSPS) is 44.2. The van der Waals surface area contributed by atoms with E-state index in [9.17, 15) is 4.79 Å². The predicted molar refractivity (Wildman–Crippen MR) is 123 cm³/mol. The lowest BCUT2D eigenvalue weighted by atomic mass is 9.47. The molecule has 0 spiro atoms. The third kappa shape index (κ3) is 3.39. The van der Waals surface area contributed by atoms with E-state index in [1.165, 1.54) is 44.9 Å². The van der Waals surface area contributed by atoms with Crippen molar-refractivity contribution in [2.45, 2.75) is 92.9 Å². The molecule has 0 aromatic carbocycles. The number of hydrogen-bond acceptors (Lipinski definition) is 1. The summed E-state index contributed by atoms with van der Waals surface area (Å²) in [6.07, 6.45) is 17.5. The predicted octanol–water partition coefficient (Wildman–Crippen LogP) is 7.62. The van der Waals surface area contributed by atoms with Crippen molar-refractivity contribution in [2.24, 2.45) is 52.3 Å². The molecule has 0 bridgehead atoms. The quantitative estimate of drug-likeness (QED) is 0.447. The van der Waals surface area contributed by atoms with Crippen LogP contribution in [0, 0.1) is 52.3 Å². The van der Waals surface area contributed by atoms with Gasteiger partial charge >= 0.3 is 0 Å². The Hall–Kier alpha value is -0.850. The Balaban J connectivity index is 1.59. The van der Waals surface area contributed by atoms with Crippen molar-refractivity contribution >= 4 is 5.78 Å². The summed E-state index contributed by atoms with van der Waals surface area (Å²) in [5, 5.41) is 0. The minimum Gasteiger partial charge on any atom is -0.295 e. The van der Waals surface area contributed by atoms with Gasteiger partial charge in [-0.1, -0.05) is 72.1 Å². The van der Waals surface area contributed by atoms with Crippen LogP contribution in [0.15, 0.2) is 23.8 Å². The second kappa shape index (κ2) is 7.69. The number of hydrogen-bond donors (Lipinski definition) is 0. The minimum absolute atomic E-state index is 0.247. The van der Waals surface area contributed by atoms with Crippen LogP contribution in [0.2, 0.25) is 0 Å². The van der Waals surface area contributed by atoms with E-state index in [0.717, 1.165) is 12.3 Å². The molecule has 0 aromatic rings. The Labute approximate surface area is 179 Å². The van der Waals surface area contributed by atoms with Gasteiger partial charge in [0.15, 0.2) is 5.78 Å². The zero-order valence-electron chi connectivity index (χ0n) is 19.8. The number of carbonyl (C=O) groups excluding carboxylic acids is 1. The summed E-state index contributed by atoms with van der Waals surface area (Å²) < 4.78 is 0. The van der Waals surface area contributed by atoms with Crippen LogP contribution < -0.4 is 0 Å². The van der Waals surface area contributed by atoms with Gasteiger partial charge in [-0.15, -0.1) is 0 Å². The molecule has 0 heterocycles. The highest BCUT2D eigenvalue weighted by Gasteiger charge is 2.58. The molecular weight excluding hydrogens is 352 g/mol. The molecule has 3 saturated carbocycles. The highest BCUT2D eigenvalue weighted by molar-refractivity contribution is 5.94. The molecule has 0 N–H and O–H groups in total. The summed E-state index contributed by atoms with van der Waals surface area (Å²) in [5.74, 6) is 4.87. The number of fused-ring (bicyclic) bond motifs is 5. The Morgan fingerprint density at radius 2 is 1.59 bits per heavy atom. The summed E-state index contributed by atoms with van der Waals surface area (Å²) in [6, 6.07) is 0. The molecule has 0 saturated heterocycles. The van der Waals surface area contributed by atoms with Gasteiger partial charge in [-0.3, -0.25) is 4.79 Å². The van der Waals surface area contributed by atoms with Crippen LogP contribution in [0.1, 0.15) is 92.9 Å². The van der Waals surface area contributed by atoms with Gasteiger partial charge in [0, 0.05) is 5.92 Å². The second-order valence-electron chi connectivity index (χ2n) is 12.0. The average molecular weight is 397 g/mol. The standard InChI is InChI=1S/C28H44O/c1-18(2)19(3)10-11-20(4)22-12-13-23-21-17-26(29)25-9-7-8-15-27(25,5)24(21)14-16-28(22,23)6/h10-11,17-20,22-25H,7-9,12-16H2,1-6H3/b11-10+/t19-,20+,22+,23-,24-,25?,27+,28+/m0/s1. The molecule has 29 heavy (non-hydrogen) atoms. The fraction of sp³-hybridized carbons (Fsp3) is 0.821. The minimum atomic E-state index is 0.247. The molecule has 3 fully saturated rings.